The van der Waals surface area contributed by atoms with Crippen LogP contribution in [-0.2, 0) is 27.9 Å². The molecular weight excluding hydrogens is 353 g/mol. The average molecular weight is 379 g/mol. The lowest BCUT2D eigenvalue weighted by Crippen LogP contribution is -2.35. The van der Waals surface area contributed by atoms with E-state index in [0.717, 1.165) is 0 Å². The molecule has 0 aliphatic carbocycles. The van der Waals surface area contributed by atoms with Gasteiger partial charge in [-0.1, -0.05) is 5.11 Å². The fourth-order valence-corrected chi connectivity index (χ4v) is 4.67. The van der Waals surface area contributed by atoms with Crippen molar-refractivity contribution >= 4 is 13.6 Å². The van der Waals surface area contributed by atoms with E-state index in [2.05, 4.69) is 10.0 Å². The Balaban J connectivity index is 3.13. The van der Waals surface area contributed by atoms with E-state index in [4.69, 9.17) is 24.1 Å². The summed E-state index contributed by atoms with van der Waals surface area (Å²) in [4.78, 5) is 15.1. The Bertz CT molecular complexity index is 531. The summed E-state index contributed by atoms with van der Waals surface area (Å²) in [6.07, 6.45) is -2.56. The highest BCUT2D eigenvalue weighted by molar-refractivity contribution is 7.55. The molecule has 0 aromatic rings. The maximum Gasteiger partial charge on any atom is 0.344 e. The quantitative estimate of drug-likeness (QED) is 0.202. The summed E-state index contributed by atoms with van der Waals surface area (Å²) in [5.41, 5.74) is 7.46. The van der Waals surface area contributed by atoms with E-state index in [1.165, 1.54) is 0 Å². The number of hydrogen-bond donors (Lipinski definition) is 1. The molecule has 1 heterocycles. The molecule has 0 aromatic carbocycles. The molecule has 0 saturated carbocycles. The Morgan fingerprint density at radius 2 is 1.92 bits per heavy atom. The summed E-state index contributed by atoms with van der Waals surface area (Å²) < 4.78 is 34.2. The first-order valence-electron chi connectivity index (χ1n) is 8.27. The van der Waals surface area contributed by atoms with Gasteiger partial charge in [0.1, 0.15) is 0 Å². The number of rotatable bonds is 10. The lowest BCUT2D eigenvalue weighted by atomic mass is 10.0. The third-order valence-corrected chi connectivity index (χ3v) is 6.22. The molecule has 25 heavy (non-hydrogen) atoms. The van der Waals surface area contributed by atoms with Crippen LogP contribution in [0.1, 0.15) is 34.1 Å². The van der Waals surface area contributed by atoms with Gasteiger partial charge in [0, 0.05) is 4.91 Å². The molecule has 0 bridgehead atoms. The molecule has 0 aromatic heterocycles. The van der Waals surface area contributed by atoms with Gasteiger partial charge < -0.3 is 23.6 Å². The molecule has 1 N–H and O–H groups in total. The molecule has 1 aliphatic rings. The largest absolute Gasteiger partial charge is 0.465 e. The number of carbonyl (C=O) groups is 1. The third-order valence-electron chi connectivity index (χ3n) is 3.80. The van der Waals surface area contributed by atoms with Gasteiger partial charge in [0.2, 0.25) is 0 Å². The molecule has 1 saturated heterocycles. The Hall–Kier alpha value is -1.15. The second-order valence-corrected chi connectivity index (χ2v) is 7.66. The van der Waals surface area contributed by atoms with Crippen molar-refractivity contribution < 1.29 is 33.0 Å². The molecule has 0 radical (unpaired) electrons. The van der Waals surface area contributed by atoms with E-state index < -0.39 is 43.6 Å². The highest BCUT2D eigenvalue weighted by atomic mass is 31.2. The Morgan fingerprint density at radius 3 is 2.40 bits per heavy atom. The predicted molar refractivity (Wildman–Crippen MR) is 89.2 cm³/mol. The minimum atomic E-state index is -3.82. The van der Waals surface area contributed by atoms with E-state index in [9.17, 15) is 14.5 Å². The molecule has 5 unspecified atom stereocenters. The molecule has 11 heteroatoms. The summed E-state index contributed by atoms with van der Waals surface area (Å²) in [5.74, 6) is -0.745. The zero-order valence-corrected chi connectivity index (χ0v) is 15.8. The topological polar surface area (TPSA) is 140 Å². The second kappa shape index (κ2) is 10.1. The fraction of sp³-hybridized carbons (Fsp3) is 0.929. The minimum absolute atomic E-state index is 0.0809. The van der Waals surface area contributed by atoms with Gasteiger partial charge in [0.15, 0.2) is 5.66 Å². The van der Waals surface area contributed by atoms with Crippen LogP contribution in [-0.4, -0.2) is 60.9 Å². The molecule has 1 fully saturated rings. The predicted octanol–water partition coefficient (Wildman–Crippen LogP) is 2.40. The van der Waals surface area contributed by atoms with Crippen molar-refractivity contribution in [1.82, 2.24) is 0 Å². The van der Waals surface area contributed by atoms with Crippen molar-refractivity contribution in [2.45, 2.75) is 64.1 Å². The van der Waals surface area contributed by atoms with Crippen LogP contribution in [0.5, 0.6) is 0 Å². The van der Waals surface area contributed by atoms with Gasteiger partial charge in [-0.05, 0) is 39.6 Å². The van der Waals surface area contributed by atoms with E-state index in [1.807, 2.05) is 0 Å². The number of nitrogens with zero attached hydrogens (tertiary/aromatic N) is 3. The smallest absolute Gasteiger partial charge is 0.344 e. The fourth-order valence-electron chi connectivity index (χ4n) is 2.72. The van der Waals surface area contributed by atoms with Crippen LogP contribution in [0, 0.1) is 0 Å². The second-order valence-electron chi connectivity index (χ2n) is 5.44. The van der Waals surface area contributed by atoms with Crippen molar-refractivity contribution in [2.24, 2.45) is 5.11 Å². The van der Waals surface area contributed by atoms with Crippen molar-refractivity contribution in [3.8, 4) is 0 Å². The standard InChI is InChI=1S/C14H26N3O7P/c1-5-21-14(19)11(25(20,22-6-2)23-7-3)8-10-12(16-17-15)13(18)9(4)24-10/h9-13,18H,5-8H2,1-4H3. The highest BCUT2D eigenvalue weighted by Crippen LogP contribution is 2.55. The number of ether oxygens (including phenoxy) is 2. The summed E-state index contributed by atoms with van der Waals surface area (Å²) in [6, 6.07) is -0.909. The highest BCUT2D eigenvalue weighted by Gasteiger charge is 2.49. The Kier molecular flexibility index (Phi) is 8.85. The van der Waals surface area contributed by atoms with Gasteiger partial charge in [0.05, 0.1) is 44.2 Å². The van der Waals surface area contributed by atoms with E-state index >= 15 is 0 Å². The summed E-state index contributed by atoms with van der Waals surface area (Å²) in [6.45, 7) is 6.77. The van der Waals surface area contributed by atoms with Gasteiger partial charge in [-0.15, -0.1) is 0 Å². The summed E-state index contributed by atoms with van der Waals surface area (Å²) >= 11 is 0. The van der Waals surface area contributed by atoms with Crippen LogP contribution in [0.3, 0.4) is 0 Å². The van der Waals surface area contributed by atoms with Crippen LogP contribution in [0.15, 0.2) is 5.11 Å². The first-order chi connectivity index (χ1) is 11.8. The number of esters is 1. The van der Waals surface area contributed by atoms with E-state index in [-0.39, 0.29) is 26.2 Å². The molecule has 10 nitrogen and oxygen atoms in total. The van der Waals surface area contributed by atoms with Crippen molar-refractivity contribution in [2.75, 3.05) is 19.8 Å². The number of hydrogen-bond acceptors (Lipinski definition) is 8. The first kappa shape index (κ1) is 21.9. The molecule has 5 atom stereocenters. The van der Waals surface area contributed by atoms with Gasteiger partial charge in [-0.3, -0.25) is 9.36 Å². The van der Waals surface area contributed by atoms with Crippen molar-refractivity contribution in [1.29, 1.82) is 0 Å². The lowest BCUT2D eigenvalue weighted by Gasteiger charge is -2.27. The van der Waals surface area contributed by atoms with E-state index in [1.54, 1.807) is 27.7 Å². The molecular formula is C14H26N3O7P. The minimum Gasteiger partial charge on any atom is -0.465 e. The van der Waals surface area contributed by atoms with Crippen LogP contribution in [0.4, 0.5) is 0 Å². The number of aliphatic hydroxyl groups excluding tert-OH is 1. The maximum atomic E-state index is 13.1. The van der Waals surface area contributed by atoms with Crippen LogP contribution < -0.4 is 0 Å². The van der Waals surface area contributed by atoms with Crippen molar-refractivity contribution in [3.63, 3.8) is 0 Å². The zero-order valence-electron chi connectivity index (χ0n) is 14.9. The van der Waals surface area contributed by atoms with Gasteiger partial charge in [0.25, 0.3) is 0 Å². The first-order valence-corrected chi connectivity index (χ1v) is 9.88. The molecule has 1 aliphatic heterocycles. The normalized spacial score (nSPS) is 27.6. The lowest BCUT2D eigenvalue weighted by molar-refractivity contribution is -0.144. The van der Waals surface area contributed by atoms with E-state index in [0.29, 0.717) is 0 Å². The molecule has 1 rings (SSSR count). The number of aliphatic hydroxyl groups is 1. The zero-order chi connectivity index (χ0) is 19.0. The Morgan fingerprint density at radius 1 is 1.32 bits per heavy atom. The van der Waals surface area contributed by atoms with Gasteiger partial charge >= 0.3 is 13.6 Å². The summed E-state index contributed by atoms with van der Waals surface area (Å²) in [5, 5.41) is 13.6. The monoisotopic (exact) mass is 379 g/mol. The van der Waals surface area contributed by atoms with Crippen LogP contribution in [0.2, 0.25) is 0 Å². The SMILES string of the molecule is CCOC(=O)C(CC1OC(C)C(O)C1N=[N+]=[N-])P(=O)(OCC)OCC. The third kappa shape index (κ3) is 5.41. The maximum absolute atomic E-state index is 13.1. The molecule has 144 valence electrons. The average Bonchev–Trinajstić information content (AvgIpc) is 2.81. The molecule has 0 spiro atoms. The number of carbonyl (C=O) groups excluding carboxylic acids is 1. The summed E-state index contributed by atoms with van der Waals surface area (Å²) in [7, 11) is -3.82. The van der Waals surface area contributed by atoms with Gasteiger partial charge in [-0.25, -0.2) is 0 Å². The number of azide groups is 1. The van der Waals surface area contributed by atoms with Crippen LogP contribution >= 0.6 is 7.60 Å². The van der Waals surface area contributed by atoms with Gasteiger partial charge in [-0.2, -0.15) is 0 Å². The van der Waals surface area contributed by atoms with Crippen LogP contribution in [0.25, 0.3) is 10.4 Å². The molecule has 0 amide bonds. The van der Waals surface area contributed by atoms with Crippen molar-refractivity contribution in [3.05, 3.63) is 10.4 Å². The Labute approximate surface area is 146 Å².